The molecule has 0 aromatic rings. The van der Waals surface area contributed by atoms with Crippen molar-refractivity contribution in [3.63, 3.8) is 0 Å². The molecule has 0 amide bonds. The lowest BCUT2D eigenvalue weighted by Crippen LogP contribution is -0.290. The molecule has 0 aromatic heterocycles. The molecule has 0 saturated carbocycles. The monoisotopic (exact) mass is 152 g/mol. The zero-order valence-corrected chi connectivity index (χ0v) is 3.63. The number of hydrogen-bond acceptors (Lipinski definition) is 0. The van der Waals surface area contributed by atoms with Crippen LogP contribution in [0.25, 0.3) is 0 Å². The molecule has 8 heavy (non-hydrogen) atoms. The van der Waals surface area contributed by atoms with Crippen molar-refractivity contribution >= 4 is 0 Å². The van der Waals surface area contributed by atoms with E-state index < -0.39 is 0 Å². The first kappa shape index (κ1) is 5.81. The molecule has 8 nitrogen and oxygen atoms in total. The Bertz CT molecular complexity index is 24.0. The minimum absolute atomic E-state index is 0. The van der Waals surface area contributed by atoms with Gasteiger partial charge in [-0.1, -0.05) is 0 Å². The second kappa shape index (κ2) is 2100. The lowest BCUT2D eigenvalue weighted by atomic mass is 16.0. The molecule has 0 aliphatic rings. The van der Waals surface area contributed by atoms with Crippen LogP contribution in [0.3, 0.4) is 0 Å². The van der Waals surface area contributed by atoms with Crippen molar-refractivity contribution in [2.75, 3.05) is 0 Å². The lowest BCUT2D eigenvalue weighted by molar-refractivity contribution is 0.823. The normalized spacial score (nSPS) is 10.0. The van der Waals surface area contributed by atoms with Gasteiger partial charge in [0.1, 0.15) is 0 Å². The summed E-state index contributed by atoms with van der Waals surface area (Å²) in [4.78, 5) is 0. The Morgan fingerprint density at radius 1 is 0.500 bits per heavy atom. The minimum atomic E-state index is 0. The molecule has 0 aliphatic carbocycles. The van der Waals surface area contributed by atoms with Crippen LogP contribution in [0.15, 0.2) is 0 Å². The zero-order chi connectivity index (χ0) is 10.8. The number of hydrogen-bond donors (Lipinski definition) is 0. The maximum atomic E-state index is 5.38. The Balaban J connectivity index is -0.00000000821. The summed E-state index contributed by atoms with van der Waals surface area (Å²) < 4.78 is 43.0. The van der Waals surface area contributed by atoms with Crippen LogP contribution < -0.4 is 0 Å². The van der Waals surface area contributed by atoms with Gasteiger partial charge in [-0.05, 0) is 0 Å². The van der Waals surface area contributed by atoms with Crippen LogP contribution in [-0.2, 0) is 0 Å². The summed E-state index contributed by atoms with van der Waals surface area (Å²) in [7, 11) is 0. The molecule has 0 radical (unpaired) electrons. The second-order valence-corrected chi connectivity index (χ2v) is 0. The quantitative estimate of drug-likeness (QED) is 0.313. The van der Waals surface area contributed by atoms with Gasteiger partial charge in [0.15, 0.2) is 0 Å². The first-order valence-electron chi connectivity index (χ1n) is 3.27. The molecule has 0 heterocycles. The molecule has 0 atom stereocenters. The third kappa shape index (κ3) is 1210. The Kier molecular flexibility index (Phi) is 1530. The standard InChI is InChI=1S/8H2O/h8*1H2/i/hD8. The molecule has 0 rings (SSSR count). The highest BCUT2D eigenvalue weighted by atomic mass is 16.0. The van der Waals surface area contributed by atoms with Crippen LogP contribution in [0, 0.1) is 0 Å². The SMILES string of the molecule is O.O.O.O.[2H]O[2H].[2H]O[2H].[2H]O[2H].[2H]O[2H]. The largest absolute Gasteiger partial charge is 0.412 e. The maximum absolute atomic E-state index is 5.38. The third-order valence-electron chi connectivity index (χ3n) is 0. The van der Waals surface area contributed by atoms with Gasteiger partial charge in [-0.3, -0.25) is 0 Å². The summed E-state index contributed by atoms with van der Waals surface area (Å²) in [6.07, 6.45) is 0. The second-order valence-electron chi connectivity index (χ2n) is 0. The van der Waals surface area contributed by atoms with E-state index in [1.165, 1.54) is 0 Å². The predicted octanol–water partition coefficient (Wildman–Crippen LogP) is -6.60. The smallest absolute Gasteiger partial charge is 0.206 e. The van der Waals surface area contributed by atoms with Gasteiger partial charge >= 0.3 is 0 Å². The summed E-state index contributed by atoms with van der Waals surface area (Å²) in [5, 5.41) is 0. The van der Waals surface area contributed by atoms with E-state index in [0.29, 0.717) is 0 Å². The summed E-state index contributed by atoms with van der Waals surface area (Å²) in [6, 6.07) is 0. The molecule has 64 valence electrons. The van der Waals surface area contributed by atoms with E-state index in [9.17, 15) is 0 Å². The Morgan fingerprint density at radius 2 is 0.500 bits per heavy atom. The van der Waals surface area contributed by atoms with Crippen LogP contribution >= 0.6 is 0 Å². The molecule has 0 unspecified atom stereocenters. The van der Waals surface area contributed by atoms with Gasteiger partial charge in [0.05, 0.1) is 0 Å². The summed E-state index contributed by atoms with van der Waals surface area (Å²) >= 11 is 0. The molecule has 0 fully saturated rings. The molecule has 0 aromatic carbocycles. The predicted molar refractivity (Wildman–Crippen MR) is 28.9 cm³/mol. The molecule has 16 N–H and O–H groups in total. The van der Waals surface area contributed by atoms with Crippen LogP contribution in [0.1, 0.15) is 0 Å². The van der Waals surface area contributed by atoms with Crippen molar-refractivity contribution in [2.45, 2.75) is 0 Å². The van der Waals surface area contributed by atoms with Gasteiger partial charge in [-0.2, -0.15) is 0 Å². The molecule has 0 aliphatic heterocycles. The average Bonchev–Trinajstić information content (AvgIpc) is 1.92. The zero-order valence-electron chi connectivity index (χ0n) is 11.6. The minimum Gasteiger partial charge on any atom is -0.412 e. The van der Waals surface area contributed by atoms with E-state index in [1.807, 2.05) is 0 Å². The van der Waals surface area contributed by atoms with Gasteiger partial charge < -0.3 is 43.8 Å². The summed E-state index contributed by atoms with van der Waals surface area (Å²) in [6.45, 7) is 0. The van der Waals surface area contributed by atoms with Crippen molar-refractivity contribution in [3.8, 4) is 0 Å². The highest BCUT2D eigenvalue weighted by molar-refractivity contribution is 0.831. The third-order valence-corrected chi connectivity index (χ3v) is 0. The molecule has 8 heteroatoms. The fraction of sp³-hybridized carbons (Fsp3) is 0. The van der Waals surface area contributed by atoms with E-state index in [4.69, 9.17) is 11.4 Å². The highest BCUT2D eigenvalue weighted by Crippen LogP contribution is -0.282. The van der Waals surface area contributed by atoms with Gasteiger partial charge in [0.25, 0.3) is 0 Å². The van der Waals surface area contributed by atoms with Gasteiger partial charge in [0, 0.05) is 0 Å². The van der Waals surface area contributed by atoms with Crippen molar-refractivity contribution in [1.29, 1.82) is 11.4 Å². The lowest BCUT2D eigenvalue weighted by Gasteiger charge is -0.413. The van der Waals surface area contributed by atoms with E-state index >= 15 is 0 Å². The van der Waals surface area contributed by atoms with E-state index in [0.717, 1.165) is 0 Å². The van der Waals surface area contributed by atoms with E-state index in [1.54, 1.807) is 0 Å². The van der Waals surface area contributed by atoms with E-state index in [-0.39, 0.29) is 21.9 Å². The van der Waals surface area contributed by atoms with Gasteiger partial charge in [-0.25, -0.2) is 0 Å². The topological polar surface area (TPSA) is 252 Å². The van der Waals surface area contributed by atoms with Crippen molar-refractivity contribution in [2.24, 2.45) is 0 Å². The number of rotatable bonds is 0. The van der Waals surface area contributed by atoms with Crippen molar-refractivity contribution < 1.29 is 43.8 Å². The summed E-state index contributed by atoms with van der Waals surface area (Å²) in [5.41, 5.74) is 11.0. The van der Waals surface area contributed by atoms with Gasteiger partial charge in [-0.15, -0.1) is 0 Å². The molecule has 0 bridgehead atoms. The van der Waals surface area contributed by atoms with Crippen LogP contribution in [-0.4, -0.2) is 55.3 Å². The fourth-order valence-electron chi connectivity index (χ4n) is 0. The highest BCUT2D eigenvalue weighted by Gasteiger charge is -0.405. The fourth-order valence-corrected chi connectivity index (χ4v) is 0. The Hall–Kier alpha value is -0.320. The molecular weight excluding hydrogens is 128 g/mol. The van der Waals surface area contributed by atoms with Crippen LogP contribution in [0.4, 0.5) is 0 Å². The Morgan fingerprint density at radius 3 is 0.500 bits per heavy atom. The van der Waals surface area contributed by atoms with Gasteiger partial charge in [0.2, 0.25) is 11.4 Å². The summed E-state index contributed by atoms with van der Waals surface area (Å²) in [5.74, 6) is 0. The van der Waals surface area contributed by atoms with Crippen LogP contribution in [0.5, 0.6) is 0 Å². The maximum Gasteiger partial charge on any atom is 0.206 e. The van der Waals surface area contributed by atoms with E-state index in [2.05, 4.69) is 21.9 Å². The van der Waals surface area contributed by atoms with Crippen molar-refractivity contribution in [1.82, 2.24) is 0 Å². The first-order valence-corrected chi connectivity index (χ1v) is 0. The average molecular weight is 152 g/mol. The van der Waals surface area contributed by atoms with Crippen molar-refractivity contribution in [3.05, 3.63) is 0 Å². The molecule has 0 saturated heterocycles. The molecular formula is H16O8. The molecule has 0 spiro atoms. The first-order chi connectivity index (χ1) is 5.66. The Labute approximate surface area is 57.1 Å². The van der Waals surface area contributed by atoms with Crippen LogP contribution in [0.2, 0.25) is 0 Å².